The van der Waals surface area contributed by atoms with Gasteiger partial charge in [0, 0.05) is 21.7 Å². The molecule has 0 bridgehead atoms. The van der Waals surface area contributed by atoms with Gasteiger partial charge in [0.2, 0.25) is 0 Å². The van der Waals surface area contributed by atoms with E-state index >= 15 is 0 Å². The molecule has 0 rings (SSSR count). The standard InChI is InChI=1S/4C7H16O.Ti/c4*1-4-5-6-7(2,3)8;/h4*8H,4-6H2,1-3H3;. The molecule has 0 saturated carbocycles. The topological polar surface area (TPSA) is 80.9 Å². The van der Waals surface area contributed by atoms with Crippen molar-refractivity contribution in [3.8, 4) is 0 Å². The van der Waals surface area contributed by atoms with Crippen LogP contribution in [0.5, 0.6) is 0 Å². The van der Waals surface area contributed by atoms with Crippen LogP contribution in [0.1, 0.15) is 160 Å². The Labute approximate surface area is 224 Å². The molecule has 4 N–H and O–H groups in total. The van der Waals surface area contributed by atoms with Gasteiger partial charge in [0.25, 0.3) is 0 Å². The zero-order valence-electron chi connectivity index (χ0n) is 24.8. The van der Waals surface area contributed by atoms with Crippen molar-refractivity contribution >= 4 is 0 Å². The smallest absolute Gasteiger partial charge is 0.0591 e. The van der Waals surface area contributed by atoms with Crippen molar-refractivity contribution < 1.29 is 42.1 Å². The van der Waals surface area contributed by atoms with Crippen LogP contribution in [-0.2, 0) is 21.7 Å². The van der Waals surface area contributed by atoms with E-state index in [1.165, 1.54) is 25.7 Å². The molecule has 0 aromatic rings. The summed E-state index contributed by atoms with van der Waals surface area (Å²) in [5.74, 6) is 0. The van der Waals surface area contributed by atoms with Crippen molar-refractivity contribution in [3.63, 3.8) is 0 Å². The second kappa shape index (κ2) is 24.3. The molecule has 5 heteroatoms. The Hall–Kier alpha value is 0.554. The average Bonchev–Trinajstić information content (AvgIpc) is 2.60. The van der Waals surface area contributed by atoms with Gasteiger partial charge in [0.1, 0.15) is 0 Å². The van der Waals surface area contributed by atoms with Crippen molar-refractivity contribution in [1.82, 2.24) is 0 Å². The van der Waals surface area contributed by atoms with Gasteiger partial charge in [-0.1, -0.05) is 79.1 Å². The molecule has 0 unspecified atom stereocenters. The molecular formula is C28H64O4Ti. The largest absolute Gasteiger partial charge is 0.390 e. The van der Waals surface area contributed by atoms with Crippen molar-refractivity contribution in [2.75, 3.05) is 0 Å². The second-order valence-electron chi connectivity index (χ2n) is 11.7. The minimum absolute atomic E-state index is 0. The first kappa shape index (κ1) is 43.6. The molecule has 0 aliphatic heterocycles. The Balaban J connectivity index is -0.000000105. The third kappa shape index (κ3) is 71.9. The van der Waals surface area contributed by atoms with E-state index in [0.717, 1.165) is 51.4 Å². The molecule has 0 fully saturated rings. The molecule has 0 aliphatic carbocycles. The Kier molecular flexibility index (Phi) is 32.1. The van der Waals surface area contributed by atoms with Gasteiger partial charge in [-0.3, -0.25) is 0 Å². The molecule has 0 heterocycles. The Morgan fingerprint density at radius 2 is 0.485 bits per heavy atom. The summed E-state index contributed by atoms with van der Waals surface area (Å²) in [5.41, 5.74) is -1.79. The van der Waals surface area contributed by atoms with Crippen LogP contribution in [0.15, 0.2) is 0 Å². The van der Waals surface area contributed by atoms with Gasteiger partial charge in [-0.15, -0.1) is 0 Å². The van der Waals surface area contributed by atoms with E-state index in [-0.39, 0.29) is 21.7 Å². The fourth-order valence-electron chi connectivity index (χ4n) is 2.44. The summed E-state index contributed by atoms with van der Waals surface area (Å²) in [6, 6.07) is 0. The van der Waals surface area contributed by atoms with E-state index in [4.69, 9.17) is 20.4 Å². The molecule has 0 aromatic heterocycles. The molecule has 0 atom stereocenters. The van der Waals surface area contributed by atoms with Gasteiger partial charge in [0.15, 0.2) is 0 Å². The fourth-order valence-corrected chi connectivity index (χ4v) is 2.44. The number of hydrogen-bond acceptors (Lipinski definition) is 4. The van der Waals surface area contributed by atoms with Crippen LogP contribution in [0.4, 0.5) is 0 Å². The number of rotatable bonds is 12. The molecule has 0 aromatic carbocycles. The van der Waals surface area contributed by atoms with Gasteiger partial charge >= 0.3 is 0 Å². The quantitative estimate of drug-likeness (QED) is 0.201. The SMILES string of the molecule is CCCCC(C)(C)O.CCCCC(C)(C)O.CCCCC(C)(C)O.CCCCC(C)(C)O.[Ti]. The van der Waals surface area contributed by atoms with Crippen molar-refractivity contribution in [3.05, 3.63) is 0 Å². The molecule has 0 amide bonds. The van der Waals surface area contributed by atoms with Crippen molar-refractivity contribution in [1.29, 1.82) is 0 Å². The van der Waals surface area contributed by atoms with E-state index in [1.807, 2.05) is 55.4 Å². The zero-order valence-corrected chi connectivity index (χ0v) is 26.3. The van der Waals surface area contributed by atoms with Crippen molar-refractivity contribution in [2.45, 2.75) is 183 Å². The van der Waals surface area contributed by atoms with Crippen LogP contribution in [0, 0.1) is 0 Å². The van der Waals surface area contributed by atoms with E-state index < -0.39 is 22.4 Å². The summed E-state index contributed by atoms with van der Waals surface area (Å²) in [6.45, 7) is 23.3. The third-order valence-electron chi connectivity index (χ3n) is 4.57. The van der Waals surface area contributed by atoms with Crippen LogP contribution in [-0.4, -0.2) is 42.8 Å². The molecule has 204 valence electrons. The van der Waals surface area contributed by atoms with E-state index in [1.54, 1.807) is 0 Å². The van der Waals surface area contributed by atoms with Gasteiger partial charge in [0.05, 0.1) is 22.4 Å². The molecule has 0 spiro atoms. The fraction of sp³-hybridized carbons (Fsp3) is 1.00. The molecule has 0 saturated heterocycles. The maximum Gasteiger partial charge on any atom is 0.0591 e. The predicted molar refractivity (Wildman–Crippen MR) is 143 cm³/mol. The van der Waals surface area contributed by atoms with Crippen LogP contribution >= 0.6 is 0 Å². The van der Waals surface area contributed by atoms with E-state index in [0.29, 0.717) is 0 Å². The Morgan fingerprint density at radius 1 is 0.364 bits per heavy atom. The summed E-state index contributed by atoms with van der Waals surface area (Å²) >= 11 is 0. The second-order valence-corrected chi connectivity index (χ2v) is 11.7. The zero-order chi connectivity index (χ0) is 26.5. The van der Waals surface area contributed by atoms with Gasteiger partial charge < -0.3 is 20.4 Å². The van der Waals surface area contributed by atoms with Crippen LogP contribution in [0.25, 0.3) is 0 Å². The normalized spacial score (nSPS) is 11.6. The summed E-state index contributed by atoms with van der Waals surface area (Å²) in [5, 5.41) is 36.6. The number of hydrogen-bond donors (Lipinski definition) is 4. The van der Waals surface area contributed by atoms with Crippen LogP contribution in [0.3, 0.4) is 0 Å². The molecule has 33 heavy (non-hydrogen) atoms. The number of unbranched alkanes of at least 4 members (excludes halogenated alkanes) is 4. The van der Waals surface area contributed by atoms with E-state index in [2.05, 4.69) is 27.7 Å². The monoisotopic (exact) mass is 512 g/mol. The van der Waals surface area contributed by atoms with Crippen LogP contribution in [0.2, 0.25) is 0 Å². The van der Waals surface area contributed by atoms with Gasteiger partial charge in [-0.05, 0) is 81.1 Å². The Bertz CT molecular complexity index is 286. The first-order chi connectivity index (χ1) is 14.2. The summed E-state index contributed by atoms with van der Waals surface area (Å²) in [6.07, 6.45) is 12.9. The predicted octanol–water partition coefficient (Wildman–Crippen LogP) is 7.79. The van der Waals surface area contributed by atoms with Crippen molar-refractivity contribution in [2.24, 2.45) is 0 Å². The first-order valence-electron chi connectivity index (χ1n) is 13.1. The summed E-state index contributed by atoms with van der Waals surface area (Å²) in [4.78, 5) is 0. The molecule has 0 radical (unpaired) electrons. The first-order valence-corrected chi connectivity index (χ1v) is 13.1. The van der Waals surface area contributed by atoms with Gasteiger partial charge in [-0.2, -0.15) is 0 Å². The Morgan fingerprint density at radius 3 is 0.515 bits per heavy atom. The minimum Gasteiger partial charge on any atom is -0.390 e. The maximum absolute atomic E-state index is 9.15. The average molecular weight is 513 g/mol. The molecular weight excluding hydrogens is 448 g/mol. The maximum atomic E-state index is 9.15. The number of aliphatic hydroxyl groups is 4. The summed E-state index contributed by atoms with van der Waals surface area (Å²) < 4.78 is 0. The molecule has 4 nitrogen and oxygen atoms in total. The van der Waals surface area contributed by atoms with Gasteiger partial charge in [-0.25, -0.2) is 0 Å². The summed E-state index contributed by atoms with van der Waals surface area (Å²) in [7, 11) is 0. The molecule has 0 aliphatic rings. The van der Waals surface area contributed by atoms with E-state index in [9.17, 15) is 0 Å². The minimum atomic E-state index is -0.448. The van der Waals surface area contributed by atoms with Crippen LogP contribution < -0.4 is 0 Å². The third-order valence-corrected chi connectivity index (χ3v) is 4.57.